The zero-order valence-electron chi connectivity index (χ0n) is 64.0. The van der Waals surface area contributed by atoms with Gasteiger partial charge in [0.1, 0.15) is 0 Å². The van der Waals surface area contributed by atoms with Gasteiger partial charge in [0.2, 0.25) is 11.6 Å². The molecule has 6 aromatic heterocycles. The van der Waals surface area contributed by atoms with Crippen molar-refractivity contribution >= 4 is 85.7 Å². The van der Waals surface area contributed by atoms with Crippen LogP contribution in [0, 0.1) is 0 Å². The van der Waals surface area contributed by atoms with Crippen molar-refractivity contribution in [3.8, 4) is 33.8 Å². The molecule has 12 heterocycles. The molecule has 0 radical (unpaired) electrons. The predicted molar refractivity (Wildman–Crippen MR) is 434 cm³/mol. The van der Waals surface area contributed by atoms with Gasteiger partial charge in [0.05, 0.1) is 90.3 Å². The molecular weight excluding hydrogens is 1440 g/mol. The summed E-state index contributed by atoms with van der Waals surface area (Å²) in [6.07, 6.45) is 32.0. The molecule has 6 aliphatic heterocycles. The highest BCUT2D eigenvalue weighted by Crippen LogP contribution is 2.51. The molecule has 0 spiro atoms. The molecule has 3 saturated heterocycles. The number of benzene rings is 6. The molecular formula is C90H93N15O9. The number of aromatic nitrogens is 15. The molecule has 9 aliphatic rings. The maximum absolute atomic E-state index is 12.0. The molecule has 24 nitrogen and oxygen atoms in total. The number of carboxylic acids is 3. The molecule has 3 unspecified atom stereocenters. The Labute approximate surface area is 659 Å². The summed E-state index contributed by atoms with van der Waals surface area (Å²) >= 11 is 0. The van der Waals surface area contributed by atoms with Gasteiger partial charge in [0.15, 0.2) is 5.82 Å². The summed E-state index contributed by atoms with van der Waals surface area (Å²) in [6, 6.07) is 42.3. The van der Waals surface area contributed by atoms with Gasteiger partial charge >= 0.3 is 17.9 Å². The first-order valence-electron chi connectivity index (χ1n) is 41.2. The van der Waals surface area contributed by atoms with E-state index in [1.165, 1.54) is 114 Å². The molecule has 12 aromatic rings. The molecule has 3 saturated carbocycles. The normalized spacial score (nSPS) is 19.7. The van der Waals surface area contributed by atoms with E-state index in [2.05, 4.69) is 141 Å². The molecule has 3 N–H and O–H groups in total. The number of rotatable bonds is 15. The van der Waals surface area contributed by atoms with Crippen molar-refractivity contribution in [3.05, 3.63) is 195 Å². The van der Waals surface area contributed by atoms with Gasteiger partial charge in [-0.2, -0.15) is 9.59 Å². The summed E-state index contributed by atoms with van der Waals surface area (Å²) in [6.45, 7) is 5.29. The van der Waals surface area contributed by atoms with E-state index >= 15 is 0 Å². The third-order valence-corrected chi connectivity index (χ3v) is 25.2. The quantitative estimate of drug-likeness (QED) is 0.0859. The minimum atomic E-state index is -0.918. The molecule has 0 amide bonds. The molecule has 582 valence electrons. The number of hydrogen-bond acceptors (Lipinski definition) is 15. The summed E-state index contributed by atoms with van der Waals surface area (Å²) in [7, 11) is 0. The highest BCUT2D eigenvalue weighted by molar-refractivity contribution is 6.04. The van der Waals surface area contributed by atoms with Gasteiger partial charge < -0.3 is 43.2 Å². The molecule has 3 aliphatic carbocycles. The smallest absolute Gasteiger partial charge is 0.335 e. The highest BCUT2D eigenvalue weighted by atomic mass is 16.5. The third-order valence-electron chi connectivity index (χ3n) is 25.2. The standard InChI is InChI=1S/3C30H31N5O3/c36-30(37)21-12-13-25-26(16-21)34-17-22(29-31-32-33-35(29)18-23-10-6-14-38-23)15-20-9-4-5-11-24(20)28(34)27(25)19-7-2-1-3-8-19;2*36-30(37)21-12-13-25-26(16-21)34-17-22(29-31-33-35(32-29)18-23-10-6-14-38-23)15-20-9-4-5-11-24(20)28(34)27(25)19-7-2-1-3-8-19/h4-5,9,11-13,15-16,19,23H,1-3,6-8,10,14,17-18H2,(H,36,37);4-5,9,11-13,16-17,19,23H,1-3,6-8,10,14-15,18H2,(H,36,37);4-5,9,11-13,15-16,19,23H,1-3,6-8,10,14,17-18H2,(H,36,37). The number of nitrogens with zero attached hydrogens (tertiary/aromatic N) is 15. The maximum Gasteiger partial charge on any atom is 0.335 e. The van der Waals surface area contributed by atoms with E-state index in [-0.39, 0.29) is 18.3 Å². The lowest BCUT2D eigenvalue weighted by atomic mass is 9.81. The van der Waals surface area contributed by atoms with Gasteiger partial charge in [0, 0.05) is 93.0 Å². The Morgan fingerprint density at radius 2 is 0.842 bits per heavy atom. The monoisotopic (exact) mass is 1530 g/mol. The summed E-state index contributed by atoms with van der Waals surface area (Å²) in [5.74, 6) is 0.555. The van der Waals surface area contributed by atoms with Gasteiger partial charge in [-0.05, 0) is 198 Å². The minimum absolute atomic E-state index is 0.120. The number of carboxylic acid groups (broad SMARTS) is 3. The van der Waals surface area contributed by atoms with Crippen LogP contribution in [0.25, 0.3) is 102 Å². The van der Waals surface area contributed by atoms with Gasteiger partial charge in [0.25, 0.3) is 0 Å². The van der Waals surface area contributed by atoms with Gasteiger partial charge in [-0.25, -0.2) is 19.1 Å². The van der Waals surface area contributed by atoms with E-state index in [1.807, 2.05) is 41.1 Å². The number of fused-ring (bicyclic) bond motifs is 15. The van der Waals surface area contributed by atoms with E-state index in [0.29, 0.717) is 85.2 Å². The van der Waals surface area contributed by atoms with Crippen molar-refractivity contribution in [1.29, 1.82) is 0 Å². The summed E-state index contributed by atoms with van der Waals surface area (Å²) in [4.78, 5) is 39.2. The Morgan fingerprint density at radius 3 is 1.33 bits per heavy atom. The van der Waals surface area contributed by atoms with Crippen LogP contribution >= 0.6 is 0 Å². The first-order valence-corrected chi connectivity index (χ1v) is 41.2. The third kappa shape index (κ3) is 14.2. The highest BCUT2D eigenvalue weighted by Gasteiger charge is 2.36. The minimum Gasteiger partial charge on any atom is -0.478 e. The fourth-order valence-electron chi connectivity index (χ4n) is 19.8. The molecule has 3 atom stereocenters. The molecule has 21 rings (SSSR count). The Bertz CT molecular complexity index is 5770. The summed E-state index contributed by atoms with van der Waals surface area (Å²) in [5, 5.41) is 72.8. The Morgan fingerprint density at radius 1 is 0.412 bits per heavy atom. The lowest BCUT2D eigenvalue weighted by Gasteiger charge is -2.24. The lowest BCUT2D eigenvalue weighted by Crippen LogP contribution is -2.18. The van der Waals surface area contributed by atoms with Crippen molar-refractivity contribution in [2.45, 2.75) is 210 Å². The first-order chi connectivity index (χ1) is 56.0. The number of aromatic carboxylic acids is 3. The largest absolute Gasteiger partial charge is 0.478 e. The number of hydrogen-bond donors (Lipinski definition) is 3. The Hall–Kier alpha value is -11.3. The van der Waals surface area contributed by atoms with Gasteiger partial charge in [-0.3, -0.25) is 0 Å². The van der Waals surface area contributed by atoms with Gasteiger partial charge in [-0.15, -0.1) is 25.5 Å². The van der Waals surface area contributed by atoms with Crippen LogP contribution in [0.1, 0.15) is 235 Å². The van der Waals surface area contributed by atoms with E-state index in [1.54, 1.807) is 27.8 Å². The zero-order valence-corrected chi connectivity index (χ0v) is 64.0. The molecule has 24 heteroatoms. The summed E-state index contributed by atoms with van der Waals surface area (Å²) < 4.78 is 26.1. The second-order valence-corrected chi connectivity index (χ2v) is 32.4. The van der Waals surface area contributed by atoms with Crippen LogP contribution in [0.4, 0.5) is 0 Å². The topological polar surface area (TPSA) is 285 Å². The van der Waals surface area contributed by atoms with E-state index < -0.39 is 17.9 Å². The van der Waals surface area contributed by atoms with Crippen LogP contribution in [-0.4, -0.2) is 146 Å². The molecule has 114 heavy (non-hydrogen) atoms. The van der Waals surface area contributed by atoms with Crippen molar-refractivity contribution in [2.24, 2.45) is 0 Å². The first kappa shape index (κ1) is 72.9. The number of allylic oxidation sites excluding steroid dienone is 3. The predicted octanol–water partition coefficient (Wildman–Crippen LogP) is 17.3. The Balaban J connectivity index is 0.000000115. The fourth-order valence-corrected chi connectivity index (χ4v) is 19.8. The van der Waals surface area contributed by atoms with Crippen LogP contribution in [0.2, 0.25) is 0 Å². The lowest BCUT2D eigenvalue weighted by molar-refractivity contribution is 0.0686. The molecule has 6 aromatic carbocycles. The number of carbonyl (C=O) groups is 3. The average molecular weight is 1530 g/mol. The van der Waals surface area contributed by atoms with Crippen LogP contribution in [0.3, 0.4) is 0 Å². The van der Waals surface area contributed by atoms with E-state index in [9.17, 15) is 29.7 Å². The van der Waals surface area contributed by atoms with Crippen LogP contribution in [0.15, 0.2) is 127 Å². The SMILES string of the molecule is O=C(O)c1ccc2c(C3CCCCC3)c3n(c2c1)C=C(c1nnn(CC2CCCO2)n1)Cc1ccccc1-3.O=C(O)c1ccc2c(C3CCCCC3)c3n(c2c1)CC(c1nnn(CC2CCCO2)n1)=Cc1ccccc1-3.O=C(O)c1ccc2c(C3CCCCC3)c3n(c2c1)CC(c1nnnn1CC1CCCO1)=Cc1ccccc1-3. The van der Waals surface area contributed by atoms with Crippen LogP contribution in [-0.2, 0) is 53.4 Å². The number of ether oxygens (including phenoxy) is 3. The van der Waals surface area contributed by atoms with Gasteiger partial charge in [-0.1, -0.05) is 149 Å². The zero-order chi connectivity index (χ0) is 76.9. The summed E-state index contributed by atoms with van der Waals surface area (Å²) in [5.41, 5.74) is 21.3. The second-order valence-electron chi connectivity index (χ2n) is 32.4. The van der Waals surface area contributed by atoms with Crippen molar-refractivity contribution < 1.29 is 43.9 Å². The van der Waals surface area contributed by atoms with Crippen LogP contribution in [0.5, 0.6) is 0 Å². The van der Waals surface area contributed by atoms with Crippen LogP contribution < -0.4 is 0 Å². The molecule has 0 bridgehead atoms. The second kappa shape index (κ2) is 31.6. The van der Waals surface area contributed by atoms with E-state index in [0.717, 1.165) is 163 Å². The molecule has 6 fully saturated rings. The maximum atomic E-state index is 12.0. The Kier molecular flexibility index (Phi) is 20.2. The van der Waals surface area contributed by atoms with E-state index in [4.69, 9.17) is 24.4 Å². The number of tetrazole rings is 3. The van der Waals surface area contributed by atoms with Crippen molar-refractivity contribution in [3.63, 3.8) is 0 Å². The van der Waals surface area contributed by atoms with Crippen molar-refractivity contribution in [2.75, 3.05) is 19.8 Å². The fraction of sp³-hybridized carbons (Fsp3) is 0.400. The van der Waals surface area contributed by atoms with Crippen molar-refractivity contribution in [1.82, 2.24) is 74.3 Å². The average Bonchev–Trinajstić information content (AvgIpc) is 1.59.